The van der Waals surface area contributed by atoms with Crippen LogP contribution in [0.2, 0.25) is 5.02 Å². The monoisotopic (exact) mass is 729 g/mol. The van der Waals surface area contributed by atoms with Gasteiger partial charge in [0.15, 0.2) is 0 Å². The van der Waals surface area contributed by atoms with E-state index in [1.807, 2.05) is 37.1 Å². The molecule has 50 heavy (non-hydrogen) atoms. The lowest BCUT2D eigenvalue weighted by molar-refractivity contribution is -0.128. The Labute approximate surface area is 306 Å². The van der Waals surface area contributed by atoms with Crippen LogP contribution in [0.4, 0.5) is 5.69 Å². The second-order valence-corrected chi connectivity index (χ2v) is 16.6. The van der Waals surface area contributed by atoms with Gasteiger partial charge in [-0.15, -0.1) is 0 Å². The highest BCUT2D eigenvalue weighted by molar-refractivity contribution is 7.84. The molecule has 2 aliphatic carbocycles. The van der Waals surface area contributed by atoms with E-state index in [1.54, 1.807) is 6.92 Å². The fourth-order valence-electron chi connectivity index (χ4n) is 7.60. The molecule has 3 fully saturated rings. The number of aliphatic hydroxyl groups is 1. The zero-order chi connectivity index (χ0) is 35.8. The van der Waals surface area contributed by atoms with Gasteiger partial charge in [-0.2, -0.15) is 0 Å². The molecule has 2 amide bonds. The average Bonchev–Trinajstić information content (AvgIpc) is 3.95. The number of anilines is 1. The molecule has 1 saturated heterocycles. The van der Waals surface area contributed by atoms with Crippen LogP contribution in [0.3, 0.4) is 0 Å². The summed E-state index contributed by atoms with van der Waals surface area (Å²) in [6, 6.07) is 12.5. The number of aryl methyl sites for hydroxylation is 1. The summed E-state index contributed by atoms with van der Waals surface area (Å²) in [4.78, 5) is 25.7. The van der Waals surface area contributed by atoms with Crippen molar-refractivity contribution in [3.05, 3.63) is 58.1 Å². The number of hydrogen-bond acceptors (Lipinski definition) is 7. The molecule has 11 heteroatoms. The van der Waals surface area contributed by atoms with Crippen molar-refractivity contribution < 1.29 is 28.4 Å². The van der Waals surface area contributed by atoms with Gasteiger partial charge < -0.3 is 24.4 Å². The van der Waals surface area contributed by atoms with Crippen LogP contribution >= 0.6 is 11.6 Å². The van der Waals surface area contributed by atoms with E-state index in [0.29, 0.717) is 36.9 Å². The first-order valence-electron chi connectivity index (χ1n) is 18.5. The van der Waals surface area contributed by atoms with Gasteiger partial charge in [-0.05, 0) is 117 Å². The molecule has 2 N–H and O–H groups in total. The van der Waals surface area contributed by atoms with Crippen LogP contribution in [-0.2, 0) is 31.7 Å². The van der Waals surface area contributed by atoms with Gasteiger partial charge in [0.05, 0.1) is 29.8 Å². The highest BCUT2D eigenvalue weighted by Crippen LogP contribution is 2.45. The summed E-state index contributed by atoms with van der Waals surface area (Å²) in [5, 5.41) is 11.4. The van der Waals surface area contributed by atoms with Crippen molar-refractivity contribution in [1.29, 1.82) is 0 Å². The smallest absolute Gasteiger partial charge is 0.219 e. The normalized spacial score (nSPS) is 25.7. The number of nitrogens with one attached hydrogen (secondary N) is 1. The molecule has 6 rings (SSSR count). The van der Waals surface area contributed by atoms with Gasteiger partial charge in [-0.3, -0.25) is 14.3 Å². The SMILES string of the molecule is CCCc1cc(Cl)ccc1C1COc2ccc(C(C)O)cc2N(CC2CCC2C2CC(CCN(C)C(C)=O)CCO2)C1.O=CNS(=O)C1CC1. The zero-order valence-electron chi connectivity index (χ0n) is 30.2. The van der Waals surface area contributed by atoms with Crippen LogP contribution in [0.1, 0.15) is 101 Å². The minimum atomic E-state index is -1.08. The Balaban J connectivity index is 0.000000535. The summed E-state index contributed by atoms with van der Waals surface area (Å²) in [6.07, 6.45) is 9.94. The fourth-order valence-corrected chi connectivity index (χ4v) is 8.65. The molecule has 2 aromatic rings. The first-order valence-corrected chi connectivity index (χ1v) is 20.1. The van der Waals surface area contributed by atoms with E-state index >= 15 is 0 Å². The molecule has 0 radical (unpaired) electrons. The van der Waals surface area contributed by atoms with Gasteiger partial charge >= 0.3 is 0 Å². The second-order valence-electron chi connectivity index (χ2n) is 14.7. The summed E-state index contributed by atoms with van der Waals surface area (Å²) < 4.78 is 25.7. The number of aliphatic hydroxyl groups excluding tert-OH is 1. The Bertz CT molecular complexity index is 1470. The molecule has 7 unspecified atom stereocenters. The van der Waals surface area contributed by atoms with Crippen molar-refractivity contribution in [3.63, 3.8) is 0 Å². The standard InChI is InChI=1S/C35H49ClN2O4.C4H7NO2S/c1-5-6-27-18-30(36)9-11-31(27)29-21-38(33-19-26(23(2)39)8-12-34(33)42-22-29)20-28-7-10-32(28)35-17-25(14-16-41-35)13-15-37(4)24(3)40;6-3-5-8(7)4-1-2-4/h8-9,11-12,18-19,23,25,28-29,32,35,39H,5-7,10,13-17,20-22H2,1-4H3;3-4H,1-2H2,(H,5,6). The predicted octanol–water partition coefficient (Wildman–Crippen LogP) is 6.58. The van der Waals surface area contributed by atoms with Crippen LogP contribution in [0.25, 0.3) is 0 Å². The number of carbonyl (C=O) groups is 2. The summed E-state index contributed by atoms with van der Waals surface area (Å²) >= 11 is 6.42. The maximum Gasteiger partial charge on any atom is 0.219 e. The molecule has 9 nitrogen and oxygen atoms in total. The van der Waals surface area contributed by atoms with Crippen LogP contribution in [0.15, 0.2) is 36.4 Å². The predicted molar refractivity (Wildman–Crippen MR) is 200 cm³/mol. The first kappa shape index (κ1) is 38.6. The Morgan fingerprint density at radius 2 is 1.98 bits per heavy atom. The fraction of sp³-hybridized carbons (Fsp3) is 0.641. The zero-order valence-corrected chi connectivity index (χ0v) is 31.7. The third-order valence-electron chi connectivity index (χ3n) is 11.0. The first-order chi connectivity index (χ1) is 24.1. The van der Waals surface area contributed by atoms with Gasteiger partial charge in [0.25, 0.3) is 0 Å². The topological polar surface area (TPSA) is 108 Å². The van der Waals surface area contributed by atoms with Gasteiger partial charge in [-0.25, -0.2) is 4.21 Å². The van der Waals surface area contributed by atoms with Crippen molar-refractivity contribution in [2.75, 3.05) is 44.8 Å². The number of halogens is 1. The molecule has 0 bridgehead atoms. The quantitative estimate of drug-likeness (QED) is 0.225. The highest BCUT2D eigenvalue weighted by Gasteiger charge is 2.41. The Kier molecular flexibility index (Phi) is 14.0. The lowest BCUT2D eigenvalue weighted by Crippen LogP contribution is -2.47. The molecular weight excluding hydrogens is 674 g/mol. The van der Waals surface area contributed by atoms with E-state index in [-0.39, 0.29) is 17.1 Å². The molecule has 276 valence electrons. The van der Waals surface area contributed by atoms with Crippen molar-refractivity contribution in [2.24, 2.45) is 17.8 Å². The lowest BCUT2D eigenvalue weighted by atomic mass is 9.67. The van der Waals surface area contributed by atoms with Gasteiger partial charge in [0, 0.05) is 51.2 Å². The Morgan fingerprint density at radius 1 is 1.18 bits per heavy atom. The van der Waals surface area contributed by atoms with E-state index in [2.05, 4.69) is 34.7 Å². The Hall–Kier alpha value is -2.66. The molecule has 2 aliphatic heterocycles. The van der Waals surface area contributed by atoms with Crippen LogP contribution in [0.5, 0.6) is 5.75 Å². The molecule has 2 heterocycles. The van der Waals surface area contributed by atoms with Crippen molar-refractivity contribution >= 4 is 40.6 Å². The molecule has 0 spiro atoms. The summed E-state index contributed by atoms with van der Waals surface area (Å²) in [6.45, 7) is 9.76. The van der Waals surface area contributed by atoms with E-state index in [1.165, 1.54) is 24.0 Å². The summed E-state index contributed by atoms with van der Waals surface area (Å²) in [7, 11) is 0.819. The van der Waals surface area contributed by atoms with Crippen LogP contribution < -0.4 is 14.4 Å². The molecule has 2 saturated carbocycles. The van der Waals surface area contributed by atoms with Gasteiger partial charge in [0.2, 0.25) is 12.3 Å². The molecule has 2 aromatic carbocycles. The second kappa shape index (κ2) is 18.2. The van der Waals surface area contributed by atoms with Crippen LogP contribution in [0, 0.1) is 17.8 Å². The van der Waals surface area contributed by atoms with Gasteiger partial charge in [-0.1, -0.05) is 37.1 Å². The average molecular weight is 730 g/mol. The van der Waals surface area contributed by atoms with E-state index in [9.17, 15) is 18.9 Å². The molecule has 7 atom stereocenters. The summed E-state index contributed by atoms with van der Waals surface area (Å²) in [5.74, 6) is 2.97. The van der Waals surface area contributed by atoms with E-state index in [0.717, 1.165) is 93.2 Å². The minimum absolute atomic E-state index is 0.136. The number of rotatable bonds is 13. The van der Waals surface area contributed by atoms with E-state index in [4.69, 9.17) is 21.1 Å². The maximum atomic E-state index is 11.7. The van der Waals surface area contributed by atoms with Crippen molar-refractivity contribution in [1.82, 2.24) is 9.62 Å². The molecule has 4 aliphatic rings. The minimum Gasteiger partial charge on any atom is -0.491 e. The number of hydrogen-bond donors (Lipinski definition) is 2. The molecular formula is C39H56ClN3O6S. The van der Waals surface area contributed by atoms with Crippen molar-refractivity contribution in [2.45, 2.75) is 102 Å². The number of ether oxygens (including phenoxy) is 2. The van der Waals surface area contributed by atoms with Crippen LogP contribution in [-0.4, -0.2) is 77.8 Å². The lowest BCUT2D eigenvalue weighted by Gasteiger charge is -2.47. The number of amides is 2. The molecule has 0 aromatic heterocycles. The Morgan fingerprint density at radius 3 is 2.64 bits per heavy atom. The third kappa shape index (κ3) is 10.2. The number of nitrogens with zero attached hydrogens (tertiary/aromatic N) is 2. The number of carbonyl (C=O) groups excluding carboxylic acids is 2. The number of benzene rings is 2. The third-order valence-corrected chi connectivity index (χ3v) is 12.6. The number of fused-ring (bicyclic) bond motifs is 1. The highest BCUT2D eigenvalue weighted by atomic mass is 35.5. The largest absolute Gasteiger partial charge is 0.491 e. The maximum absolute atomic E-state index is 11.7. The van der Waals surface area contributed by atoms with Gasteiger partial charge in [0.1, 0.15) is 16.7 Å². The van der Waals surface area contributed by atoms with Crippen molar-refractivity contribution in [3.8, 4) is 5.75 Å². The summed E-state index contributed by atoms with van der Waals surface area (Å²) in [5.41, 5.74) is 4.64. The van der Waals surface area contributed by atoms with E-state index < -0.39 is 17.1 Å².